The highest BCUT2D eigenvalue weighted by atomic mass is 35.5. The molecule has 0 aliphatic heterocycles. The fraction of sp³-hybridized carbons (Fsp3) is 0.192. The smallest absolute Gasteiger partial charge is 0.148 e. The summed E-state index contributed by atoms with van der Waals surface area (Å²) in [4.78, 5) is 17.0. The molecule has 0 atom stereocenters. The second kappa shape index (κ2) is 9.31. The summed E-state index contributed by atoms with van der Waals surface area (Å²) in [5.74, 6) is 3.22. The van der Waals surface area contributed by atoms with Gasteiger partial charge in [-0.05, 0) is 50.2 Å². The molecule has 2 N–H and O–H groups in total. The second-order valence-corrected chi connectivity index (χ2v) is 8.58. The Morgan fingerprint density at radius 1 is 0.943 bits per heavy atom. The van der Waals surface area contributed by atoms with Gasteiger partial charge in [0, 0.05) is 17.3 Å². The molecule has 178 valence electrons. The van der Waals surface area contributed by atoms with E-state index in [1.165, 1.54) is 6.33 Å². The van der Waals surface area contributed by atoms with Crippen LogP contribution in [0.3, 0.4) is 0 Å². The minimum absolute atomic E-state index is 0.0387. The van der Waals surface area contributed by atoms with E-state index in [2.05, 4.69) is 20.3 Å². The van der Waals surface area contributed by atoms with E-state index in [-0.39, 0.29) is 6.10 Å². The van der Waals surface area contributed by atoms with Crippen molar-refractivity contribution < 1.29 is 14.2 Å². The summed E-state index contributed by atoms with van der Waals surface area (Å²) in [6, 6.07) is 15.1. The zero-order valence-electron chi connectivity index (χ0n) is 19.7. The Balaban J connectivity index is 1.56. The SMILES string of the molecule is COc1cc(OC)c2ncnc(Nc3ccc(Cl)c(-c4nc5c(OC(C)C)cccc5[nH]4)c3)c2c1. The lowest BCUT2D eigenvalue weighted by molar-refractivity contribution is 0.245. The van der Waals surface area contributed by atoms with E-state index in [0.717, 1.165) is 33.4 Å². The van der Waals surface area contributed by atoms with Crippen molar-refractivity contribution in [2.24, 2.45) is 0 Å². The summed E-state index contributed by atoms with van der Waals surface area (Å²) in [5, 5.41) is 4.70. The van der Waals surface area contributed by atoms with Crippen LogP contribution in [0.4, 0.5) is 11.5 Å². The lowest BCUT2D eigenvalue weighted by atomic mass is 10.1. The zero-order chi connectivity index (χ0) is 24.5. The molecule has 0 saturated heterocycles. The molecule has 0 unspecified atom stereocenters. The number of hydrogen-bond donors (Lipinski definition) is 2. The first-order chi connectivity index (χ1) is 17.0. The molecule has 2 aromatic heterocycles. The molecule has 0 fully saturated rings. The van der Waals surface area contributed by atoms with Gasteiger partial charge < -0.3 is 24.5 Å². The quantitative estimate of drug-likeness (QED) is 0.274. The number of aromatic nitrogens is 4. The fourth-order valence-electron chi connectivity index (χ4n) is 3.89. The molecule has 0 aliphatic carbocycles. The minimum atomic E-state index is 0.0387. The third-order valence-corrected chi connectivity index (χ3v) is 5.79. The number of ether oxygens (including phenoxy) is 3. The second-order valence-electron chi connectivity index (χ2n) is 8.17. The monoisotopic (exact) mass is 489 g/mol. The van der Waals surface area contributed by atoms with Gasteiger partial charge in [-0.3, -0.25) is 0 Å². The van der Waals surface area contributed by atoms with E-state index < -0.39 is 0 Å². The molecule has 0 bridgehead atoms. The van der Waals surface area contributed by atoms with Crippen molar-refractivity contribution in [2.45, 2.75) is 20.0 Å². The number of para-hydroxylation sites is 1. The number of benzene rings is 3. The first-order valence-electron chi connectivity index (χ1n) is 11.1. The van der Waals surface area contributed by atoms with Crippen molar-refractivity contribution in [3.05, 3.63) is 59.9 Å². The Labute approximate surface area is 207 Å². The Morgan fingerprint density at radius 2 is 1.80 bits per heavy atom. The van der Waals surface area contributed by atoms with E-state index in [1.807, 2.05) is 56.3 Å². The molecule has 0 radical (unpaired) electrons. The van der Waals surface area contributed by atoms with Crippen LogP contribution in [0, 0.1) is 0 Å². The predicted octanol–water partition coefficient (Wildman–Crippen LogP) is 6.37. The Bertz CT molecular complexity index is 1530. The van der Waals surface area contributed by atoms with Gasteiger partial charge in [0.15, 0.2) is 0 Å². The standard InChI is InChI=1S/C26H24ClN5O3/c1-14(2)35-21-7-5-6-20-24(21)32-26(31-20)17-10-15(8-9-19(17)27)30-25-18-11-16(33-3)12-22(34-4)23(18)28-13-29-25/h5-14H,1-4H3,(H,31,32)(H,28,29,30). The van der Waals surface area contributed by atoms with E-state index in [4.69, 9.17) is 30.8 Å². The first kappa shape index (κ1) is 22.7. The third-order valence-electron chi connectivity index (χ3n) is 5.46. The lowest BCUT2D eigenvalue weighted by Crippen LogP contribution is -2.05. The highest BCUT2D eigenvalue weighted by Gasteiger charge is 2.15. The van der Waals surface area contributed by atoms with Crippen LogP contribution in [-0.2, 0) is 0 Å². The molecule has 0 aliphatic rings. The van der Waals surface area contributed by atoms with E-state index in [0.29, 0.717) is 33.7 Å². The number of halogens is 1. The Morgan fingerprint density at radius 3 is 2.57 bits per heavy atom. The van der Waals surface area contributed by atoms with Crippen molar-refractivity contribution >= 4 is 45.0 Å². The number of aromatic amines is 1. The number of methoxy groups -OCH3 is 2. The normalized spacial score (nSPS) is 11.3. The molecule has 0 amide bonds. The molecule has 5 aromatic rings. The molecule has 5 rings (SSSR count). The maximum Gasteiger partial charge on any atom is 0.148 e. The summed E-state index contributed by atoms with van der Waals surface area (Å²) in [6.45, 7) is 3.97. The molecular formula is C26H24ClN5O3. The van der Waals surface area contributed by atoms with Gasteiger partial charge in [-0.15, -0.1) is 0 Å². The van der Waals surface area contributed by atoms with Crippen LogP contribution in [0.1, 0.15) is 13.8 Å². The fourth-order valence-corrected chi connectivity index (χ4v) is 4.09. The number of hydrogen-bond acceptors (Lipinski definition) is 7. The van der Waals surface area contributed by atoms with Gasteiger partial charge in [0.1, 0.15) is 46.3 Å². The van der Waals surface area contributed by atoms with Gasteiger partial charge >= 0.3 is 0 Å². The molecule has 0 saturated carbocycles. The maximum absolute atomic E-state index is 6.58. The molecule has 3 aromatic carbocycles. The van der Waals surface area contributed by atoms with Gasteiger partial charge in [-0.2, -0.15) is 0 Å². The number of imidazole rings is 1. The molecule has 9 heteroatoms. The molecule has 0 spiro atoms. The van der Waals surface area contributed by atoms with Crippen LogP contribution in [0.15, 0.2) is 54.9 Å². The summed E-state index contributed by atoms with van der Waals surface area (Å²) < 4.78 is 16.8. The number of nitrogens with zero attached hydrogens (tertiary/aromatic N) is 3. The van der Waals surface area contributed by atoms with Crippen molar-refractivity contribution in [3.63, 3.8) is 0 Å². The van der Waals surface area contributed by atoms with E-state index in [9.17, 15) is 0 Å². The highest BCUT2D eigenvalue weighted by Crippen LogP contribution is 2.36. The number of rotatable bonds is 7. The number of nitrogens with one attached hydrogen (secondary N) is 2. The first-order valence-corrected chi connectivity index (χ1v) is 11.4. The summed E-state index contributed by atoms with van der Waals surface area (Å²) in [6.07, 6.45) is 1.53. The minimum Gasteiger partial charge on any atom is -0.497 e. The highest BCUT2D eigenvalue weighted by molar-refractivity contribution is 6.33. The average molecular weight is 490 g/mol. The van der Waals surface area contributed by atoms with Gasteiger partial charge in [0.05, 0.1) is 36.2 Å². The van der Waals surface area contributed by atoms with Gasteiger partial charge in [0.2, 0.25) is 0 Å². The van der Waals surface area contributed by atoms with Crippen LogP contribution in [0.2, 0.25) is 5.02 Å². The zero-order valence-corrected chi connectivity index (χ0v) is 20.5. The van der Waals surface area contributed by atoms with Crippen LogP contribution < -0.4 is 19.5 Å². The number of H-pyrrole nitrogens is 1. The Hall–Kier alpha value is -4.04. The maximum atomic E-state index is 6.58. The summed E-state index contributed by atoms with van der Waals surface area (Å²) >= 11 is 6.58. The summed E-state index contributed by atoms with van der Waals surface area (Å²) in [7, 11) is 3.20. The van der Waals surface area contributed by atoms with Crippen LogP contribution in [0.5, 0.6) is 17.2 Å². The number of fused-ring (bicyclic) bond motifs is 2. The van der Waals surface area contributed by atoms with Crippen molar-refractivity contribution in [2.75, 3.05) is 19.5 Å². The molecule has 35 heavy (non-hydrogen) atoms. The van der Waals surface area contributed by atoms with Gasteiger partial charge in [-0.25, -0.2) is 15.0 Å². The predicted molar refractivity (Wildman–Crippen MR) is 138 cm³/mol. The lowest BCUT2D eigenvalue weighted by Gasteiger charge is -2.13. The third kappa shape index (κ3) is 4.40. The van der Waals surface area contributed by atoms with E-state index >= 15 is 0 Å². The Kier molecular flexibility index (Phi) is 6.05. The van der Waals surface area contributed by atoms with Crippen LogP contribution in [0.25, 0.3) is 33.3 Å². The largest absolute Gasteiger partial charge is 0.497 e. The molecule has 8 nitrogen and oxygen atoms in total. The van der Waals surface area contributed by atoms with Crippen molar-refractivity contribution in [1.29, 1.82) is 0 Å². The average Bonchev–Trinajstić information content (AvgIpc) is 3.29. The van der Waals surface area contributed by atoms with Crippen molar-refractivity contribution in [1.82, 2.24) is 19.9 Å². The topological polar surface area (TPSA) is 94.2 Å². The number of anilines is 2. The van der Waals surface area contributed by atoms with Crippen LogP contribution in [-0.4, -0.2) is 40.3 Å². The molecular weight excluding hydrogens is 466 g/mol. The van der Waals surface area contributed by atoms with Crippen molar-refractivity contribution in [3.8, 4) is 28.6 Å². The molecule has 2 heterocycles. The van der Waals surface area contributed by atoms with Gasteiger partial charge in [-0.1, -0.05) is 17.7 Å². The van der Waals surface area contributed by atoms with Crippen LogP contribution >= 0.6 is 11.6 Å². The van der Waals surface area contributed by atoms with E-state index in [1.54, 1.807) is 20.3 Å². The van der Waals surface area contributed by atoms with Gasteiger partial charge in [0.25, 0.3) is 0 Å². The summed E-state index contributed by atoms with van der Waals surface area (Å²) in [5.41, 5.74) is 3.83.